The summed E-state index contributed by atoms with van der Waals surface area (Å²) < 4.78 is 0. The first-order valence-corrected chi connectivity index (χ1v) is 5.37. The van der Waals surface area contributed by atoms with Gasteiger partial charge in [-0.25, -0.2) is 0 Å². The molecule has 0 spiro atoms. The van der Waals surface area contributed by atoms with E-state index < -0.39 is 0 Å². The summed E-state index contributed by atoms with van der Waals surface area (Å²) in [5.74, 6) is 0.0539. The molecule has 0 aliphatic carbocycles. The monoisotopic (exact) mass is 224 g/mol. The van der Waals surface area contributed by atoms with Gasteiger partial charge >= 0.3 is 0 Å². The second kappa shape index (κ2) is 4.74. The zero-order chi connectivity index (χ0) is 12.3. The summed E-state index contributed by atoms with van der Waals surface area (Å²) in [6, 6.07) is 14.8. The number of Topliss-reactive ketones (excluding diaryl/α,β-unsaturated/α-hetero) is 1. The minimum absolute atomic E-state index is 0.0539. The van der Waals surface area contributed by atoms with Crippen LogP contribution in [0, 0.1) is 0 Å². The van der Waals surface area contributed by atoms with E-state index in [9.17, 15) is 9.59 Å². The number of rotatable bonds is 3. The van der Waals surface area contributed by atoms with Crippen LogP contribution in [0.3, 0.4) is 0 Å². The topological polar surface area (TPSA) is 34.1 Å². The molecular formula is C15H12O2. The molecule has 0 aliphatic rings. The molecule has 0 bridgehead atoms. The maximum absolute atomic E-state index is 11.1. The lowest BCUT2D eigenvalue weighted by Gasteiger charge is -2.03. The molecule has 17 heavy (non-hydrogen) atoms. The van der Waals surface area contributed by atoms with Crippen LogP contribution in [0.25, 0.3) is 11.1 Å². The number of aldehydes is 1. The molecule has 2 nitrogen and oxygen atoms in total. The van der Waals surface area contributed by atoms with Gasteiger partial charge in [-0.3, -0.25) is 9.59 Å². The third-order valence-corrected chi connectivity index (χ3v) is 2.65. The van der Waals surface area contributed by atoms with Crippen molar-refractivity contribution >= 4 is 12.1 Å². The van der Waals surface area contributed by atoms with E-state index in [1.54, 1.807) is 25.1 Å². The summed E-state index contributed by atoms with van der Waals surface area (Å²) in [7, 11) is 0. The maximum Gasteiger partial charge on any atom is 0.159 e. The Morgan fingerprint density at radius 3 is 2.29 bits per heavy atom. The molecule has 0 heterocycles. The zero-order valence-electron chi connectivity index (χ0n) is 9.51. The second-order valence-corrected chi connectivity index (χ2v) is 3.88. The standard InChI is InChI=1S/C15H12O2/c1-11(17)13-5-7-14(8-6-13)15-4-2-3-12(9-15)10-16/h2-10H,1H3. The lowest BCUT2D eigenvalue weighted by molar-refractivity contribution is 0.101. The predicted molar refractivity (Wildman–Crippen MR) is 67.3 cm³/mol. The Bertz CT molecular complexity index is 553. The largest absolute Gasteiger partial charge is 0.298 e. The molecule has 84 valence electrons. The molecule has 0 atom stereocenters. The van der Waals surface area contributed by atoms with Crippen LogP contribution in [0.2, 0.25) is 0 Å². The molecule has 0 amide bonds. The Morgan fingerprint density at radius 1 is 1.00 bits per heavy atom. The normalized spacial score (nSPS) is 9.94. The quantitative estimate of drug-likeness (QED) is 0.591. The second-order valence-electron chi connectivity index (χ2n) is 3.88. The highest BCUT2D eigenvalue weighted by molar-refractivity contribution is 5.94. The van der Waals surface area contributed by atoms with Gasteiger partial charge in [-0.15, -0.1) is 0 Å². The highest BCUT2D eigenvalue weighted by Crippen LogP contribution is 2.20. The lowest BCUT2D eigenvalue weighted by Crippen LogP contribution is -1.91. The lowest BCUT2D eigenvalue weighted by atomic mass is 10.0. The number of hydrogen-bond acceptors (Lipinski definition) is 2. The van der Waals surface area contributed by atoms with Gasteiger partial charge in [0.2, 0.25) is 0 Å². The highest BCUT2D eigenvalue weighted by atomic mass is 16.1. The molecular weight excluding hydrogens is 212 g/mol. The van der Waals surface area contributed by atoms with Crippen molar-refractivity contribution in [2.75, 3.05) is 0 Å². The van der Waals surface area contributed by atoms with Gasteiger partial charge in [-0.1, -0.05) is 42.5 Å². The summed E-state index contributed by atoms with van der Waals surface area (Å²) in [6.07, 6.45) is 0.827. The van der Waals surface area contributed by atoms with E-state index >= 15 is 0 Å². The van der Waals surface area contributed by atoms with Gasteiger partial charge in [0.1, 0.15) is 6.29 Å². The van der Waals surface area contributed by atoms with E-state index in [0.717, 1.165) is 17.4 Å². The maximum atomic E-state index is 11.1. The number of carbonyl (C=O) groups is 2. The number of benzene rings is 2. The summed E-state index contributed by atoms with van der Waals surface area (Å²) >= 11 is 0. The van der Waals surface area contributed by atoms with Crippen LogP contribution >= 0.6 is 0 Å². The van der Waals surface area contributed by atoms with Gasteiger partial charge in [0.05, 0.1) is 0 Å². The van der Waals surface area contributed by atoms with Crippen LogP contribution in [0.4, 0.5) is 0 Å². The SMILES string of the molecule is CC(=O)c1ccc(-c2cccc(C=O)c2)cc1. The molecule has 2 rings (SSSR count). The van der Waals surface area contributed by atoms with Crippen molar-refractivity contribution in [3.8, 4) is 11.1 Å². The molecule has 2 aromatic carbocycles. The summed E-state index contributed by atoms with van der Waals surface area (Å²) in [6.45, 7) is 1.54. The molecule has 2 heteroatoms. The average molecular weight is 224 g/mol. The Hall–Kier alpha value is -2.22. The van der Waals surface area contributed by atoms with Crippen molar-refractivity contribution in [1.29, 1.82) is 0 Å². The Morgan fingerprint density at radius 2 is 1.71 bits per heavy atom. The average Bonchev–Trinajstić information content (AvgIpc) is 2.39. The highest BCUT2D eigenvalue weighted by Gasteiger charge is 2.01. The van der Waals surface area contributed by atoms with Gasteiger partial charge in [0, 0.05) is 11.1 Å². The van der Waals surface area contributed by atoms with Gasteiger partial charge < -0.3 is 0 Å². The van der Waals surface area contributed by atoms with Crippen molar-refractivity contribution in [3.05, 3.63) is 59.7 Å². The van der Waals surface area contributed by atoms with Crippen molar-refractivity contribution in [2.45, 2.75) is 6.92 Å². The first kappa shape index (κ1) is 11.3. The van der Waals surface area contributed by atoms with Gasteiger partial charge in [0.25, 0.3) is 0 Å². The molecule has 0 fully saturated rings. The molecule has 0 unspecified atom stereocenters. The number of carbonyl (C=O) groups excluding carboxylic acids is 2. The molecule has 0 saturated heterocycles. The summed E-state index contributed by atoms with van der Waals surface area (Å²) in [5.41, 5.74) is 3.32. The molecule has 0 aliphatic heterocycles. The van der Waals surface area contributed by atoms with E-state index in [1.807, 2.05) is 30.3 Å². The molecule has 0 N–H and O–H groups in total. The molecule has 0 radical (unpaired) electrons. The fourth-order valence-corrected chi connectivity index (χ4v) is 1.69. The third-order valence-electron chi connectivity index (χ3n) is 2.65. The Kier molecular flexibility index (Phi) is 3.15. The van der Waals surface area contributed by atoms with E-state index in [2.05, 4.69) is 0 Å². The Labute approximate surface area is 99.9 Å². The van der Waals surface area contributed by atoms with Gasteiger partial charge in [0.15, 0.2) is 5.78 Å². The van der Waals surface area contributed by atoms with Crippen LogP contribution < -0.4 is 0 Å². The van der Waals surface area contributed by atoms with E-state index in [-0.39, 0.29) is 5.78 Å². The fraction of sp³-hybridized carbons (Fsp3) is 0.0667. The van der Waals surface area contributed by atoms with Crippen LogP contribution in [-0.4, -0.2) is 12.1 Å². The van der Waals surface area contributed by atoms with Crippen molar-refractivity contribution in [1.82, 2.24) is 0 Å². The first-order chi connectivity index (χ1) is 8.20. The van der Waals surface area contributed by atoms with Crippen LogP contribution in [0.1, 0.15) is 27.6 Å². The van der Waals surface area contributed by atoms with Crippen LogP contribution in [-0.2, 0) is 0 Å². The number of ketones is 1. The molecule has 2 aromatic rings. The third kappa shape index (κ3) is 2.48. The van der Waals surface area contributed by atoms with E-state index in [4.69, 9.17) is 0 Å². The van der Waals surface area contributed by atoms with Gasteiger partial charge in [-0.05, 0) is 24.1 Å². The smallest absolute Gasteiger partial charge is 0.159 e. The van der Waals surface area contributed by atoms with E-state index in [1.165, 1.54) is 0 Å². The summed E-state index contributed by atoms with van der Waals surface area (Å²) in [4.78, 5) is 21.8. The minimum Gasteiger partial charge on any atom is -0.298 e. The number of hydrogen-bond donors (Lipinski definition) is 0. The Balaban J connectivity index is 2.39. The summed E-state index contributed by atoms with van der Waals surface area (Å²) in [5, 5.41) is 0. The van der Waals surface area contributed by atoms with Crippen molar-refractivity contribution in [3.63, 3.8) is 0 Å². The predicted octanol–water partition coefficient (Wildman–Crippen LogP) is 3.37. The fourth-order valence-electron chi connectivity index (χ4n) is 1.69. The van der Waals surface area contributed by atoms with E-state index in [0.29, 0.717) is 11.1 Å². The van der Waals surface area contributed by atoms with Crippen LogP contribution in [0.5, 0.6) is 0 Å². The van der Waals surface area contributed by atoms with Crippen LogP contribution in [0.15, 0.2) is 48.5 Å². The minimum atomic E-state index is 0.0539. The van der Waals surface area contributed by atoms with Crippen molar-refractivity contribution < 1.29 is 9.59 Å². The van der Waals surface area contributed by atoms with Crippen molar-refractivity contribution in [2.24, 2.45) is 0 Å². The molecule has 0 aromatic heterocycles. The molecule has 0 saturated carbocycles. The zero-order valence-corrected chi connectivity index (χ0v) is 9.51. The first-order valence-electron chi connectivity index (χ1n) is 5.37. The van der Waals surface area contributed by atoms with Gasteiger partial charge in [-0.2, -0.15) is 0 Å².